The summed E-state index contributed by atoms with van der Waals surface area (Å²) in [5.41, 5.74) is 0.187. The van der Waals surface area contributed by atoms with Crippen molar-refractivity contribution in [2.45, 2.75) is 19.8 Å². The molecule has 1 fully saturated rings. The highest BCUT2D eigenvalue weighted by atomic mass is 35.5. The standard InChI is InChI=1S/C13H17ClN6O/c1-13(2-6-21-7-3-13)8-16-11-17-10(14)18-12(19-11)20-5-4-15-9-20/h4-5,9H,2-3,6-8H2,1H3,(H,16,17,18,19). The highest BCUT2D eigenvalue weighted by molar-refractivity contribution is 6.28. The lowest BCUT2D eigenvalue weighted by Crippen LogP contribution is -2.33. The normalized spacial score (nSPS) is 17.6. The lowest BCUT2D eigenvalue weighted by Gasteiger charge is -2.33. The van der Waals surface area contributed by atoms with E-state index in [1.165, 1.54) is 0 Å². The second kappa shape index (κ2) is 5.95. The molecule has 0 aliphatic carbocycles. The molecule has 1 aliphatic heterocycles. The van der Waals surface area contributed by atoms with E-state index in [2.05, 4.69) is 32.2 Å². The Morgan fingerprint density at radius 2 is 2.14 bits per heavy atom. The number of ether oxygens (including phenoxy) is 1. The van der Waals surface area contributed by atoms with Crippen molar-refractivity contribution < 1.29 is 4.74 Å². The van der Waals surface area contributed by atoms with Crippen molar-refractivity contribution in [3.63, 3.8) is 0 Å². The monoisotopic (exact) mass is 308 g/mol. The van der Waals surface area contributed by atoms with E-state index in [9.17, 15) is 0 Å². The van der Waals surface area contributed by atoms with Gasteiger partial charge in [-0.2, -0.15) is 15.0 Å². The van der Waals surface area contributed by atoms with Gasteiger partial charge in [0.05, 0.1) is 0 Å². The Labute approximate surface area is 127 Å². The van der Waals surface area contributed by atoms with Gasteiger partial charge in [-0.25, -0.2) is 4.98 Å². The van der Waals surface area contributed by atoms with Gasteiger partial charge in [-0.3, -0.25) is 4.57 Å². The second-order valence-electron chi connectivity index (χ2n) is 5.47. The molecule has 0 unspecified atom stereocenters. The fourth-order valence-corrected chi connectivity index (χ4v) is 2.40. The maximum atomic E-state index is 5.97. The molecule has 0 aromatic carbocycles. The average Bonchev–Trinajstić information content (AvgIpc) is 3.00. The molecule has 0 bridgehead atoms. The highest BCUT2D eigenvalue weighted by Crippen LogP contribution is 2.29. The van der Waals surface area contributed by atoms with E-state index < -0.39 is 0 Å². The summed E-state index contributed by atoms with van der Waals surface area (Å²) in [6.45, 7) is 4.62. The second-order valence-corrected chi connectivity index (χ2v) is 5.81. The van der Waals surface area contributed by atoms with E-state index in [4.69, 9.17) is 16.3 Å². The molecule has 7 nitrogen and oxygen atoms in total. The lowest BCUT2D eigenvalue weighted by molar-refractivity contribution is 0.0299. The van der Waals surface area contributed by atoms with Gasteiger partial charge in [0, 0.05) is 32.2 Å². The van der Waals surface area contributed by atoms with Crippen LogP contribution >= 0.6 is 11.6 Å². The van der Waals surface area contributed by atoms with Gasteiger partial charge in [0.25, 0.3) is 0 Å². The molecule has 1 N–H and O–H groups in total. The highest BCUT2D eigenvalue weighted by Gasteiger charge is 2.27. The number of hydrogen-bond acceptors (Lipinski definition) is 6. The van der Waals surface area contributed by atoms with Crippen molar-refractivity contribution in [3.8, 4) is 5.95 Å². The van der Waals surface area contributed by atoms with Crippen LogP contribution in [0.15, 0.2) is 18.7 Å². The predicted octanol–water partition coefficient (Wildman–Crippen LogP) is 1.94. The van der Waals surface area contributed by atoms with Gasteiger partial charge in [-0.05, 0) is 29.9 Å². The molecule has 0 amide bonds. The zero-order valence-corrected chi connectivity index (χ0v) is 12.5. The average molecular weight is 309 g/mol. The Morgan fingerprint density at radius 3 is 2.86 bits per heavy atom. The minimum atomic E-state index is 0.160. The molecule has 2 aromatic rings. The molecule has 0 spiro atoms. The van der Waals surface area contributed by atoms with E-state index in [1.54, 1.807) is 23.3 Å². The van der Waals surface area contributed by atoms with Crippen molar-refractivity contribution in [2.24, 2.45) is 5.41 Å². The van der Waals surface area contributed by atoms with Crippen LogP contribution in [0.2, 0.25) is 5.28 Å². The van der Waals surface area contributed by atoms with Crippen LogP contribution in [-0.2, 0) is 4.74 Å². The first-order valence-electron chi connectivity index (χ1n) is 6.86. The van der Waals surface area contributed by atoms with Crippen LogP contribution in [0.5, 0.6) is 0 Å². The van der Waals surface area contributed by atoms with Crippen LogP contribution in [0.3, 0.4) is 0 Å². The molecule has 112 valence electrons. The number of anilines is 1. The van der Waals surface area contributed by atoms with E-state index >= 15 is 0 Å². The van der Waals surface area contributed by atoms with Gasteiger partial charge in [0.15, 0.2) is 0 Å². The summed E-state index contributed by atoms with van der Waals surface area (Å²) in [7, 11) is 0. The topological polar surface area (TPSA) is 77.8 Å². The first kappa shape index (κ1) is 14.2. The number of imidazole rings is 1. The van der Waals surface area contributed by atoms with E-state index in [0.29, 0.717) is 11.9 Å². The number of hydrogen-bond donors (Lipinski definition) is 1. The maximum absolute atomic E-state index is 5.97. The Morgan fingerprint density at radius 1 is 1.33 bits per heavy atom. The predicted molar refractivity (Wildman–Crippen MR) is 78.6 cm³/mol. The van der Waals surface area contributed by atoms with Crippen molar-refractivity contribution in [3.05, 3.63) is 24.0 Å². The molecule has 0 saturated carbocycles. The lowest BCUT2D eigenvalue weighted by atomic mass is 9.82. The molecule has 0 radical (unpaired) electrons. The first-order valence-corrected chi connectivity index (χ1v) is 7.24. The molecule has 21 heavy (non-hydrogen) atoms. The van der Waals surface area contributed by atoms with E-state index in [1.807, 2.05) is 0 Å². The van der Waals surface area contributed by atoms with Crippen LogP contribution in [-0.4, -0.2) is 44.3 Å². The number of halogens is 1. The molecular weight excluding hydrogens is 292 g/mol. The summed E-state index contributed by atoms with van der Waals surface area (Å²) in [5.74, 6) is 0.929. The number of rotatable bonds is 4. The summed E-state index contributed by atoms with van der Waals surface area (Å²) in [6.07, 6.45) is 7.08. The number of nitrogens with one attached hydrogen (secondary N) is 1. The Bertz CT molecular complexity index is 597. The third-order valence-electron chi connectivity index (χ3n) is 3.70. The minimum absolute atomic E-state index is 0.160. The Balaban J connectivity index is 1.73. The van der Waals surface area contributed by atoms with Crippen LogP contribution in [0.4, 0.5) is 5.95 Å². The summed E-state index contributed by atoms with van der Waals surface area (Å²) in [4.78, 5) is 16.6. The third kappa shape index (κ3) is 3.48. The van der Waals surface area contributed by atoms with Gasteiger partial charge in [0.1, 0.15) is 6.33 Å². The van der Waals surface area contributed by atoms with Crippen molar-refractivity contribution in [1.29, 1.82) is 0 Å². The Kier molecular flexibility index (Phi) is 4.03. The molecular formula is C13H17ClN6O. The zero-order valence-electron chi connectivity index (χ0n) is 11.8. The first-order chi connectivity index (χ1) is 10.1. The Hall–Kier alpha value is -1.73. The molecule has 1 aliphatic rings. The van der Waals surface area contributed by atoms with Gasteiger partial charge in [-0.15, -0.1) is 0 Å². The third-order valence-corrected chi connectivity index (χ3v) is 3.87. The van der Waals surface area contributed by atoms with Crippen molar-refractivity contribution >= 4 is 17.5 Å². The van der Waals surface area contributed by atoms with Gasteiger partial charge in [-0.1, -0.05) is 6.92 Å². The largest absolute Gasteiger partial charge is 0.381 e. The molecule has 0 atom stereocenters. The molecule has 8 heteroatoms. The van der Waals surface area contributed by atoms with Crippen LogP contribution in [0.1, 0.15) is 19.8 Å². The van der Waals surface area contributed by atoms with Crippen LogP contribution < -0.4 is 5.32 Å². The quantitative estimate of drug-likeness (QED) is 0.930. The summed E-state index contributed by atoms with van der Waals surface area (Å²) >= 11 is 5.97. The molecule has 3 rings (SSSR count). The van der Waals surface area contributed by atoms with Crippen LogP contribution in [0.25, 0.3) is 5.95 Å². The smallest absolute Gasteiger partial charge is 0.241 e. The van der Waals surface area contributed by atoms with Gasteiger partial charge in [0.2, 0.25) is 17.2 Å². The fourth-order valence-electron chi connectivity index (χ4n) is 2.24. The number of nitrogens with zero attached hydrogens (tertiary/aromatic N) is 5. The van der Waals surface area contributed by atoms with Crippen molar-refractivity contribution in [1.82, 2.24) is 24.5 Å². The van der Waals surface area contributed by atoms with Crippen LogP contribution in [0, 0.1) is 5.41 Å². The summed E-state index contributed by atoms with van der Waals surface area (Å²) in [6, 6.07) is 0. The van der Waals surface area contributed by atoms with Gasteiger partial charge < -0.3 is 10.1 Å². The zero-order chi connectivity index (χ0) is 14.7. The molecule has 1 saturated heterocycles. The minimum Gasteiger partial charge on any atom is -0.381 e. The fraction of sp³-hybridized carbons (Fsp3) is 0.538. The van der Waals surface area contributed by atoms with Crippen molar-refractivity contribution in [2.75, 3.05) is 25.1 Å². The molecule has 3 heterocycles. The summed E-state index contributed by atoms with van der Waals surface area (Å²) < 4.78 is 7.09. The number of aromatic nitrogens is 5. The van der Waals surface area contributed by atoms with E-state index in [0.717, 1.165) is 32.6 Å². The van der Waals surface area contributed by atoms with E-state index in [-0.39, 0.29) is 10.7 Å². The molecule has 2 aromatic heterocycles. The SMILES string of the molecule is CC1(CNc2nc(Cl)nc(-n3ccnc3)n2)CCOCC1. The van der Waals surface area contributed by atoms with Gasteiger partial charge >= 0.3 is 0 Å². The maximum Gasteiger partial charge on any atom is 0.241 e. The summed E-state index contributed by atoms with van der Waals surface area (Å²) in [5, 5.41) is 3.42.